The molecule has 4 rings (SSSR count). The molecule has 0 spiro atoms. The van der Waals surface area contributed by atoms with Gasteiger partial charge in [-0.1, -0.05) is 18.2 Å². The number of nitrogens with one attached hydrogen (secondary N) is 1. The summed E-state index contributed by atoms with van der Waals surface area (Å²) in [6, 6.07) is 4.74. The monoisotopic (exact) mass is 396 g/mol. The zero-order valence-corrected chi connectivity index (χ0v) is 16.3. The van der Waals surface area contributed by atoms with Crippen LogP contribution in [0.2, 0.25) is 0 Å². The Bertz CT molecular complexity index is 880. The fourth-order valence-electron chi connectivity index (χ4n) is 4.42. The fraction of sp³-hybridized carbons (Fsp3) is 0.455. The van der Waals surface area contributed by atoms with Crippen molar-refractivity contribution in [3.8, 4) is 0 Å². The summed E-state index contributed by atoms with van der Waals surface area (Å²) in [6.07, 6.45) is 7.98. The van der Waals surface area contributed by atoms with E-state index in [-0.39, 0.29) is 11.8 Å². The van der Waals surface area contributed by atoms with E-state index in [1.54, 1.807) is 0 Å². The molecule has 1 aliphatic heterocycles. The predicted octanol–water partition coefficient (Wildman–Crippen LogP) is 2.00. The normalized spacial score (nSPS) is 23.6. The molecule has 0 bridgehead atoms. The quantitative estimate of drug-likeness (QED) is 0.467. The van der Waals surface area contributed by atoms with Crippen molar-refractivity contribution >= 4 is 29.4 Å². The van der Waals surface area contributed by atoms with Crippen LogP contribution >= 0.6 is 0 Å². The molecule has 1 fully saturated rings. The molecule has 0 aromatic heterocycles. The van der Waals surface area contributed by atoms with Gasteiger partial charge in [-0.25, -0.2) is 4.79 Å². The number of aryl methyl sites for hydroxylation is 2. The summed E-state index contributed by atoms with van der Waals surface area (Å²) in [5.41, 5.74) is 3.20. The van der Waals surface area contributed by atoms with Gasteiger partial charge >= 0.3 is 5.97 Å². The first-order valence-corrected chi connectivity index (χ1v) is 10.1. The maximum absolute atomic E-state index is 12.6. The number of fused-ring (bicyclic) bond motifs is 2. The lowest BCUT2D eigenvalue weighted by Crippen LogP contribution is -2.45. The maximum atomic E-state index is 12.6. The molecule has 1 saturated heterocycles. The minimum absolute atomic E-state index is 0.337. The van der Waals surface area contributed by atoms with E-state index in [1.807, 2.05) is 30.4 Å². The molecule has 3 aliphatic rings. The second-order valence-electron chi connectivity index (χ2n) is 7.87. The highest BCUT2D eigenvalue weighted by molar-refractivity contribution is 6.08. The van der Waals surface area contributed by atoms with Gasteiger partial charge in [-0.05, 0) is 62.3 Å². The number of hydrogen-bond acceptors (Lipinski definition) is 5. The van der Waals surface area contributed by atoms with E-state index in [2.05, 4.69) is 5.32 Å². The van der Waals surface area contributed by atoms with Gasteiger partial charge in [0.15, 0.2) is 6.61 Å². The molecule has 0 unspecified atom stereocenters. The van der Waals surface area contributed by atoms with Crippen LogP contribution in [0.25, 0.3) is 0 Å². The van der Waals surface area contributed by atoms with Crippen molar-refractivity contribution in [2.75, 3.05) is 11.9 Å². The molecule has 3 amide bonds. The molecule has 29 heavy (non-hydrogen) atoms. The number of carbonyl (C=O) groups is 4. The molecular formula is C22H24N2O5. The summed E-state index contributed by atoms with van der Waals surface area (Å²) in [7, 11) is 0. The number of imide groups is 1. The average molecular weight is 396 g/mol. The molecule has 1 aromatic carbocycles. The Kier molecular flexibility index (Phi) is 5.22. The van der Waals surface area contributed by atoms with Crippen LogP contribution in [0.15, 0.2) is 30.4 Å². The molecule has 1 heterocycles. The molecule has 1 aromatic rings. The van der Waals surface area contributed by atoms with E-state index >= 15 is 0 Å². The number of hydrogen-bond donors (Lipinski definition) is 1. The minimum atomic E-state index is -1.05. The van der Waals surface area contributed by atoms with E-state index in [0.717, 1.165) is 24.2 Å². The van der Waals surface area contributed by atoms with Crippen LogP contribution in [0.3, 0.4) is 0 Å². The van der Waals surface area contributed by atoms with Crippen LogP contribution in [0.5, 0.6) is 0 Å². The number of benzene rings is 1. The first-order chi connectivity index (χ1) is 14.0. The Morgan fingerprint density at radius 3 is 2.45 bits per heavy atom. The van der Waals surface area contributed by atoms with Crippen LogP contribution in [-0.2, 0) is 36.8 Å². The number of allylic oxidation sites excluding steroid dienone is 2. The van der Waals surface area contributed by atoms with Gasteiger partial charge in [0.25, 0.3) is 5.91 Å². The Labute approximate surface area is 169 Å². The van der Waals surface area contributed by atoms with Gasteiger partial charge in [0.1, 0.15) is 6.04 Å². The summed E-state index contributed by atoms with van der Waals surface area (Å²) in [4.78, 5) is 50.6. The number of amides is 3. The molecule has 0 radical (unpaired) electrons. The number of esters is 1. The lowest BCUT2D eigenvalue weighted by molar-refractivity contribution is -0.159. The van der Waals surface area contributed by atoms with E-state index in [0.29, 0.717) is 18.5 Å². The van der Waals surface area contributed by atoms with E-state index < -0.39 is 36.4 Å². The van der Waals surface area contributed by atoms with Crippen molar-refractivity contribution in [1.82, 2.24) is 4.90 Å². The third kappa shape index (κ3) is 3.69. The molecule has 7 heteroatoms. The largest absolute Gasteiger partial charge is 0.454 e. The smallest absolute Gasteiger partial charge is 0.329 e. The van der Waals surface area contributed by atoms with Crippen LogP contribution < -0.4 is 5.32 Å². The molecule has 0 saturated carbocycles. The van der Waals surface area contributed by atoms with E-state index in [4.69, 9.17) is 4.74 Å². The third-order valence-corrected chi connectivity index (χ3v) is 6.00. The number of rotatable bonds is 5. The summed E-state index contributed by atoms with van der Waals surface area (Å²) in [5.74, 6) is -2.69. The zero-order chi connectivity index (χ0) is 20.5. The Hall–Kier alpha value is -2.96. The molecule has 152 valence electrons. The van der Waals surface area contributed by atoms with E-state index in [1.165, 1.54) is 18.1 Å². The van der Waals surface area contributed by atoms with Crippen molar-refractivity contribution in [2.45, 2.75) is 45.1 Å². The number of anilines is 1. The van der Waals surface area contributed by atoms with Crippen molar-refractivity contribution in [3.05, 3.63) is 41.5 Å². The van der Waals surface area contributed by atoms with Gasteiger partial charge in [0.05, 0.1) is 11.8 Å². The van der Waals surface area contributed by atoms with Gasteiger partial charge in [0, 0.05) is 5.69 Å². The highest BCUT2D eigenvalue weighted by atomic mass is 16.5. The molecule has 7 nitrogen and oxygen atoms in total. The molecule has 2 aliphatic carbocycles. The number of ether oxygens (including phenoxy) is 1. The zero-order valence-electron chi connectivity index (χ0n) is 16.3. The van der Waals surface area contributed by atoms with Gasteiger partial charge in [-0.15, -0.1) is 0 Å². The molecule has 3 atom stereocenters. The predicted molar refractivity (Wildman–Crippen MR) is 105 cm³/mol. The number of likely N-dealkylation sites (tertiary alicyclic amines) is 1. The lowest BCUT2D eigenvalue weighted by atomic mass is 9.85. The standard InChI is InChI=1S/C22H24N2O5/c1-13(24-20(26)17-7-2-3-8-18(17)21(24)27)22(28)29-12-19(25)23-16-10-9-14-5-4-6-15(14)11-16/h2-3,9-11,13,17-18H,4-8,12H2,1H3,(H,23,25)/t13-,17-,18-/m0/s1. The Balaban J connectivity index is 1.31. The third-order valence-electron chi connectivity index (χ3n) is 6.00. The summed E-state index contributed by atoms with van der Waals surface area (Å²) < 4.78 is 5.08. The van der Waals surface area contributed by atoms with Crippen molar-refractivity contribution in [2.24, 2.45) is 11.8 Å². The molecule has 1 N–H and O–H groups in total. The number of carbonyl (C=O) groups excluding carboxylic acids is 4. The van der Waals surface area contributed by atoms with Crippen LogP contribution in [0, 0.1) is 11.8 Å². The second kappa shape index (κ2) is 7.81. The SMILES string of the molecule is C[C@@H](C(=O)OCC(=O)Nc1ccc2c(c1)CCC2)N1C(=O)[C@H]2CC=CC[C@@H]2C1=O. The van der Waals surface area contributed by atoms with Gasteiger partial charge in [-0.3, -0.25) is 19.3 Å². The van der Waals surface area contributed by atoms with Crippen LogP contribution in [0.1, 0.15) is 37.3 Å². The van der Waals surface area contributed by atoms with Crippen molar-refractivity contribution < 1.29 is 23.9 Å². The summed E-state index contributed by atoms with van der Waals surface area (Å²) in [5, 5.41) is 2.72. The highest BCUT2D eigenvalue weighted by Gasteiger charge is 2.50. The van der Waals surface area contributed by atoms with Crippen molar-refractivity contribution in [1.29, 1.82) is 0 Å². The maximum Gasteiger partial charge on any atom is 0.329 e. The number of nitrogens with zero attached hydrogens (tertiary/aromatic N) is 1. The summed E-state index contributed by atoms with van der Waals surface area (Å²) >= 11 is 0. The van der Waals surface area contributed by atoms with Gasteiger partial charge in [0.2, 0.25) is 11.8 Å². The lowest BCUT2D eigenvalue weighted by Gasteiger charge is -2.21. The van der Waals surface area contributed by atoms with Crippen LogP contribution in [-0.4, -0.2) is 41.2 Å². The van der Waals surface area contributed by atoms with Crippen molar-refractivity contribution in [3.63, 3.8) is 0 Å². The first-order valence-electron chi connectivity index (χ1n) is 10.1. The Morgan fingerprint density at radius 1 is 1.10 bits per heavy atom. The van der Waals surface area contributed by atoms with Crippen LogP contribution in [0.4, 0.5) is 5.69 Å². The van der Waals surface area contributed by atoms with E-state index in [9.17, 15) is 19.2 Å². The Morgan fingerprint density at radius 2 is 1.76 bits per heavy atom. The molecular weight excluding hydrogens is 372 g/mol. The van der Waals surface area contributed by atoms with Gasteiger partial charge in [-0.2, -0.15) is 0 Å². The average Bonchev–Trinajstić information content (AvgIpc) is 3.28. The minimum Gasteiger partial charge on any atom is -0.454 e. The van der Waals surface area contributed by atoms with Gasteiger partial charge < -0.3 is 10.1 Å². The fourth-order valence-corrected chi connectivity index (χ4v) is 4.42. The topological polar surface area (TPSA) is 92.8 Å². The highest BCUT2D eigenvalue weighted by Crippen LogP contribution is 2.36. The summed E-state index contributed by atoms with van der Waals surface area (Å²) in [6.45, 7) is 0.992. The first kappa shape index (κ1) is 19.4. The second-order valence-corrected chi connectivity index (χ2v) is 7.87.